The Kier molecular flexibility index (Phi) is 6.01. The number of amides is 1. The molecule has 0 unspecified atom stereocenters. The zero-order valence-corrected chi connectivity index (χ0v) is 16.2. The minimum absolute atomic E-state index is 0.0559. The fourth-order valence-electron chi connectivity index (χ4n) is 3.49. The topological polar surface area (TPSA) is 99.5 Å². The standard InChI is InChI=1S/C15H17N5OS.C2HF3O2/c1-10-6-16-15(17-7-10)20-5-3-12-13(20)2-4-19(12)14(21)11-8-22-9-18-11;3-2(4,5)1(6)7/h6-9,12-13H,2-5H2,1H3;(H,6,7)/t12-,13+;/m0./s1. The summed E-state index contributed by atoms with van der Waals surface area (Å²) in [5.41, 5.74) is 3.34. The molecule has 2 aromatic heterocycles. The lowest BCUT2D eigenvalue weighted by Crippen LogP contribution is -2.40. The number of carbonyl (C=O) groups is 2. The maximum atomic E-state index is 12.6. The lowest BCUT2D eigenvalue weighted by Gasteiger charge is -2.25. The van der Waals surface area contributed by atoms with Gasteiger partial charge in [-0.05, 0) is 25.3 Å². The molecule has 0 spiro atoms. The summed E-state index contributed by atoms with van der Waals surface area (Å²) in [6.45, 7) is 3.67. The third-order valence-corrected chi connectivity index (χ3v) is 5.34. The Morgan fingerprint density at radius 3 is 2.31 bits per heavy atom. The van der Waals surface area contributed by atoms with Crippen LogP contribution in [0.15, 0.2) is 23.3 Å². The molecule has 2 saturated heterocycles. The average molecular weight is 429 g/mol. The molecule has 2 atom stereocenters. The highest BCUT2D eigenvalue weighted by Gasteiger charge is 2.45. The molecule has 2 fully saturated rings. The number of fused-ring (bicyclic) bond motifs is 1. The fourth-order valence-corrected chi connectivity index (χ4v) is 4.01. The average Bonchev–Trinajstić information content (AvgIpc) is 3.39. The van der Waals surface area contributed by atoms with Crippen molar-refractivity contribution in [3.05, 3.63) is 34.5 Å². The van der Waals surface area contributed by atoms with E-state index in [1.54, 1.807) is 5.51 Å². The van der Waals surface area contributed by atoms with E-state index in [4.69, 9.17) is 9.90 Å². The maximum absolute atomic E-state index is 12.6. The molecule has 0 aliphatic carbocycles. The number of rotatable bonds is 2. The van der Waals surface area contributed by atoms with Crippen molar-refractivity contribution in [2.75, 3.05) is 18.0 Å². The fraction of sp³-hybridized carbons (Fsp3) is 0.471. The molecule has 1 N–H and O–H groups in total. The maximum Gasteiger partial charge on any atom is 0.490 e. The van der Waals surface area contributed by atoms with Gasteiger partial charge in [0.1, 0.15) is 5.69 Å². The van der Waals surface area contributed by atoms with Crippen LogP contribution in [0.25, 0.3) is 0 Å². The van der Waals surface area contributed by atoms with Gasteiger partial charge in [0.25, 0.3) is 5.91 Å². The monoisotopic (exact) mass is 429 g/mol. The Hall–Kier alpha value is -2.76. The number of halogens is 3. The van der Waals surface area contributed by atoms with Crippen LogP contribution in [0.2, 0.25) is 0 Å². The van der Waals surface area contributed by atoms with Gasteiger partial charge in [0, 0.05) is 30.9 Å². The van der Waals surface area contributed by atoms with E-state index in [1.165, 1.54) is 11.3 Å². The van der Waals surface area contributed by atoms with Gasteiger partial charge in [-0.2, -0.15) is 13.2 Å². The molecule has 0 radical (unpaired) electrons. The van der Waals surface area contributed by atoms with Crippen LogP contribution < -0.4 is 4.90 Å². The van der Waals surface area contributed by atoms with Crippen LogP contribution in [-0.4, -0.2) is 68.2 Å². The molecule has 156 valence electrons. The highest BCUT2D eigenvalue weighted by Crippen LogP contribution is 2.34. The Morgan fingerprint density at radius 2 is 1.76 bits per heavy atom. The van der Waals surface area contributed by atoms with Crippen molar-refractivity contribution < 1.29 is 27.9 Å². The number of carboxylic acids is 1. The zero-order valence-electron chi connectivity index (χ0n) is 15.3. The lowest BCUT2D eigenvalue weighted by molar-refractivity contribution is -0.192. The first-order valence-electron chi connectivity index (χ1n) is 8.73. The number of alkyl halides is 3. The predicted octanol–water partition coefficient (Wildman–Crippen LogP) is 2.37. The van der Waals surface area contributed by atoms with Crippen molar-refractivity contribution in [2.45, 2.75) is 38.0 Å². The molecule has 29 heavy (non-hydrogen) atoms. The van der Waals surface area contributed by atoms with Gasteiger partial charge < -0.3 is 14.9 Å². The molecule has 4 heterocycles. The van der Waals surface area contributed by atoms with Crippen LogP contribution in [0.4, 0.5) is 19.1 Å². The van der Waals surface area contributed by atoms with Gasteiger partial charge in [-0.15, -0.1) is 11.3 Å². The van der Waals surface area contributed by atoms with Crippen LogP contribution in [0.3, 0.4) is 0 Å². The lowest BCUT2D eigenvalue weighted by atomic mass is 10.1. The van der Waals surface area contributed by atoms with Gasteiger partial charge in [0.2, 0.25) is 5.95 Å². The zero-order chi connectivity index (χ0) is 21.2. The molecule has 2 aromatic rings. The molecule has 2 aliphatic heterocycles. The van der Waals surface area contributed by atoms with Gasteiger partial charge >= 0.3 is 12.1 Å². The summed E-state index contributed by atoms with van der Waals surface area (Å²) >= 11 is 1.46. The molecular formula is C17H18F3N5O3S. The summed E-state index contributed by atoms with van der Waals surface area (Å²) in [4.78, 5) is 38.7. The first-order chi connectivity index (χ1) is 13.7. The summed E-state index contributed by atoms with van der Waals surface area (Å²) in [6, 6.07) is 0.574. The van der Waals surface area contributed by atoms with Crippen molar-refractivity contribution in [1.29, 1.82) is 0 Å². The Bertz CT molecular complexity index is 860. The van der Waals surface area contributed by atoms with Crippen molar-refractivity contribution in [1.82, 2.24) is 19.9 Å². The number of carbonyl (C=O) groups excluding carboxylic acids is 1. The Labute approximate surface area is 168 Å². The minimum Gasteiger partial charge on any atom is -0.475 e. The summed E-state index contributed by atoms with van der Waals surface area (Å²) in [6.07, 6.45) is 0.557. The summed E-state index contributed by atoms with van der Waals surface area (Å²) in [7, 11) is 0. The summed E-state index contributed by atoms with van der Waals surface area (Å²) < 4.78 is 31.7. The number of hydrogen-bond donors (Lipinski definition) is 1. The molecule has 4 rings (SSSR count). The molecule has 2 aliphatic rings. The van der Waals surface area contributed by atoms with E-state index >= 15 is 0 Å². The number of carboxylic acid groups (broad SMARTS) is 1. The Morgan fingerprint density at radius 1 is 1.14 bits per heavy atom. The number of thiazole rings is 1. The van der Waals surface area contributed by atoms with Gasteiger partial charge in [0.15, 0.2) is 0 Å². The number of hydrogen-bond acceptors (Lipinski definition) is 7. The second-order valence-corrected chi connectivity index (χ2v) is 7.36. The third-order valence-electron chi connectivity index (χ3n) is 4.76. The number of anilines is 1. The normalized spacial score (nSPS) is 20.8. The van der Waals surface area contributed by atoms with Crippen LogP contribution in [0.1, 0.15) is 28.9 Å². The van der Waals surface area contributed by atoms with E-state index in [9.17, 15) is 18.0 Å². The van der Waals surface area contributed by atoms with E-state index < -0.39 is 12.1 Å². The molecule has 0 bridgehead atoms. The second-order valence-electron chi connectivity index (χ2n) is 6.64. The predicted molar refractivity (Wildman–Crippen MR) is 97.8 cm³/mol. The first kappa shape index (κ1) is 21.0. The molecule has 0 saturated carbocycles. The van der Waals surface area contributed by atoms with E-state index in [0.717, 1.165) is 37.4 Å². The smallest absolute Gasteiger partial charge is 0.475 e. The van der Waals surface area contributed by atoms with Crippen molar-refractivity contribution in [3.63, 3.8) is 0 Å². The van der Waals surface area contributed by atoms with E-state index in [1.807, 2.05) is 29.6 Å². The molecular weight excluding hydrogens is 411 g/mol. The van der Waals surface area contributed by atoms with Gasteiger partial charge in [-0.3, -0.25) is 4.79 Å². The van der Waals surface area contributed by atoms with E-state index in [0.29, 0.717) is 11.7 Å². The highest BCUT2D eigenvalue weighted by atomic mass is 32.1. The van der Waals surface area contributed by atoms with Crippen molar-refractivity contribution in [2.24, 2.45) is 0 Å². The van der Waals surface area contributed by atoms with Gasteiger partial charge in [0.05, 0.1) is 17.6 Å². The molecule has 12 heteroatoms. The number of nitrogens with zero attached hydrogens (tertiary/aromatic N) is 5. The van der Waals surface area contributed by atoms with E-state index in [-0.39, 0.29) is 11.9 Å². The van der Waals surface area contributed by atoms with Gasteiger partial charge in [-0.25, -0.2) is 19.7 Å². The second kappa shape index (κ2) is 8.31. The SMILES string of the molecule is Cc1cnc(N2CC[C@H]3[C@H]2CCN3C(=O)c2cscn2)nc1.O=C(O)C(F)(F)F. The van der Waals surface area contributed by atoms with E-state index in [2.05, 4.69) is 19.9 Å². The summed E-state index contributed by atoms with van der Waals surface area (Å²) in [5, 5.41) is 8.95. The number of aromatic nitrogens is 3. The highest BCUT2D eigenvalue weighted by molar-refractivity contribution is 7.07. The van der Waals surface area contributed by atoms with Crippen molar-refractivity contribution >= 4 is 29.2 Å². The minimum atomic E-state index is -5.08. The number of aryl methyl sites for hydroxylation is 1. The molecule has 0 aromatic carbocycles. The van der Waals surface area contributed by atoms with Crippen LogP contribution in [0.5, 0.6) is 0 Å². The molecule has 8 nitrogen and oxygen atoms in total. The first-order valence-corrected chi connectivity index (χ1v) is 9.67. The van der Waals surface area contributed by atoms with Crippen LogP contribution in [-0.2, 0) is 4.79 Å². The number of aliphatic carboxylic acids is 1. The summed E-state index contributed by atoms with van der Waals surface area (Å²) in [5.74, 6) is -1.92. The quantitative estimate of drug-likeness (QED) is 0.782. The third kappa shape index (κ3) is 4.63. The van der Waals surface area contributed by atoms with Crippen molar-refractivity contribution in [3.8, 4) is 0 Å². The largest absolute Gasteiger partial charge is 0.490 e. The van der Waals surface area contributed by atoms with Crippen LogP contribution in [0, 0.1) is 6.92 Å². The number of likely N-dealkylation sites (tertiary alicyclic amines) is 1. The molecule has 1 amide bonds. The Balaban J connectivity index is 0.000000298. The van der Waals surface area contributed by atoms with Gasteiger partial charge in [-0.1, -0.05) is 0 Å². The van der Waals surface area contributed by atoms with Crippen LogP contribution >= 0.6 is 11.3 Å².